The average Bonchev–Trinajstić information content (AvgIpc) is 3.03. The lowest BCUT2D eigenvalue weighted by Gasteiger charge is -2.30. The van der Waals surface area contributed by atoms with Crippen molar-refractivity contribution in [3.8, 4) is 0 Å². The van der Waals surface area contributed by atoms with Gasteiger partial charge in [-0.15, -0.1) is 11.3 Å². The van der Waals surface area contributed by atoms with Gasteiger partial charge in [-0.1, -0.05) is 0 Å². The van der Waals surface area contributed by atoms with Crippen molar-refractivity contribution in [2.45, 2.75) is 33.2 Å². The molecule has 1 aliphatic rings. The molecule has 0 spiro atoms. The molecule has 0 saturated carbocycles. The fourth-order valence-electron chi connectivity index (χ4n) is 2.89. The Kier molecular flexibility index (Phi) is 4.45. The lowest BCUT2D eigenvalue weighted by molar-refractivity contribution is -0.110. The molecule has 1 aromatic heterocycles. The summed E-state index contributed by atoms with van der Waals surface area (Å²) in [5, 5.41) is 24.7. The molecule has 3 N–H and O–H groups in total. The third kappa shape index (κ3) is 2.96. The molecule has 126 valence electrons. The van der Waals surface area contributed by atoms with Gasteiger partial charge in [-0.2, -0.15) is 0 Å². The molecule has 0 saturated heterocycles. The highest BCUT2D eigenvalue weighted by atomic mass is 32.1. The van der Waals surface area contributed by atoms with Crippen LogP contribution in [0.3, 0.4) is 0 Å². The average molecular weight is 344 g/mol. The van der Waals surface area contributed by atoms with Crippen LogP contribution >= 0.6 is 11.3 Å². The van der Waals surface area contributed by atoms with Gasteiger partial charge in [0.2, 0.25) is 0 Å². The van der Waals surface area contributed by atoms with Crippen LogP contribution in [0, 0.1) is 6.92 Å². The van der Waals surface area contributed by atoms with Crippen molar-refractivity contribution in [1.82, 2.24) is 0 Å². The first-order valence-electron chi connectivity index (χ1n) is 7.74. The summed E-state index contributed by atoms with van der Waals surface area (Å²) in [6.07, 6.45) is 0.195. The molecule has 24 heavy (non-hydrogen) atoms. The number of nitrogens with zero attached hydrogens (tertiary/aromatic N) is 1. The van der Waals surface area contributed by atoms with Crippen LogP contribution in [0.25, 0.3) is 11.6 Å². The van der Waals surface area contributed by atoms with Crippen molar-refractivity contribution in [3.63, 3.8) is 0 Å². The summed E-state index contributed by atoms with van der Waals surface area (Å²) in [5.41, 5.74) is 3.88. The van der Waals surface area contributed by atoms with Gasteiger partial charge in [-0.3, -0.25) is 4.79 Å². The highest BCUT2D eigenvalue weighted by Crippen LogP contribution is 2.37. The maximum Gasteiger partial charge on any atom is 0.256 e. The normalized spacial score (nSPS) is 17.5. The van der Waals surface area contributed by atoms with Crippen LogP contribution in [0.1, 0.15) is 29.9 Å². The van der Waals surface area contributed by atoms with Crippen molar-refractivity contribution in [1.29, 1.82) is 0 Å². The molecular formula is C18H20N2O3S. The van der Waals surface area contributed by atoms with Crippen LogP contribution < -0.4 is 10.2 Å². The van der Waals surface area contributed by atoms with Gasteiger partial charge in [0.1, 0.15) is 12.5 Å². The van der Waals surface area contributed by atoms with Gasteiger partial charge in [0.25, 0.3) is 5.91 Å². The quantitative estimate of drug-likeness (QED) is 0.589. The molecule has 1 aliphatic heterocycles. The number of hydrogen-bond acceptors (Lipinski definition) is 5. The number of hydrogen-bond donors (Lipinski definition) is 3. The summed E-state index contributed by atoms with van der Waals surface area (Å²) in [6.45, 7) is 5.19. The fraction of sp³-hybridized carbons (Fsp3) is 0.278. The second-order valence-corrected chi connectivity index (χ2v) is 6.83. The van der Waals surface area contributed by atoms with Crippen molar-refractivity contribution in [3.05, 3.63) is 45.6 Å². The third-order valence-corrected chi connectivity index (χ3v) is 5.03. The Morgan fingerprint density at radius 1 is 1.21 bits per heavy atom. The first kappa shape index (κ1) is 16.7. The molecule has 2 aromatic rings. The highest BCUT2D eigenvalue weighted by molar-refractivity contribution is 7.11. The lowest BCUT2D eigenvalue weighted by Crippen LogP contribution is -2.40. The van der Waals surface area contributed by atoms with Gasteiger partial charge < -0.3 is 20.4 Å². The number of thiophene rings is 1. The van der Waals surface area contributed by atoms with Gasteiger partial charge in [0.15, 0.2) is 0 Å². The largest absolute Gasteiger partial charge is 0.374 e. The zero-order valence-electron chi connectivity index (χ0n) is 13.8. The number of amides is 1. The van der Waals surface area contributed by atoms with Crippen molar-refractivity contribution < 1.29 is 15.0 Å². The van der Waals surface area contributed by atoms with E-state index in [2.05, 4.69) is 5.32 Å². The van der Waals surface area contributed by atoms with E-state index in [1.165, 1.54) is 4.90 Å². The Labute approximate surface area is 144 Å². The van der Waals surface area contributed by atoms with Crippen LogP contribution in [-0.2, 0) is 4.79 Å². The summed E-state index contributed by atoms with van der Waals surface area (Å²) in [5.74, 6) is -0.143. The molecule has 0 radical (unpaired) electrons. The lowest BCUT2D eigenvalue weighted by atomic mass is 10.0. The van der Waals surface area contributed by atoms with E-state index in [4.69, 9.17) is 0 Å². The number of aryl methyl sites for hydroxylation is 1. The third-order valence-electron chi connectivity index (χ3n) is 4.07. The van der Waals surface area contributed by atoms with Crippen LogP contribution in [0.2, 0.25) is 0 Å². The first-order valence-corrected chi connectivity index (χ1v) is 8.62. The van der Waals surface area contributed by atoms with Gasteiger partial charge in [-0.25, -0.2) is 0 Å². The summed E-state index contributed by atoms with van der Waals surface area (Å²) in [7, 11) is 0. The number of aliphatic hydroxyl groups excluding tert-OH is 2. The number of carbonyl (C=O) groups is 1. The number of rotatable bonds is 4. The molecule has 5 nitrogen and oxygen atoms in total. The minimum atomic E-state index is -0.847. The van der Waals surface area contributed by atoms with Gasteiger partial charge in [0, 0.05) is 21.8 Å². The molecule has 3 rings (SSSR count). The number of benzene rings is 1. The number of nitrogens with one attached hydrogen (secondary N) is 1. The van der Waals surface area contributed by atoms with E-state index in [0.29, 0.717) is 11.3 Å². The Morgan fingerprint density at radius 2 is 1.92 bits per heavy atom. The van der Waals surface area contributed by atoms with E-state index in [0.717, 1.165) is 21.7 Å². The number of carbonyl (C=O) groups excluding carboxylic acids is 1. The second-order valence-electron chi connectivity index (χ2n) is 5.88. The van der Waals surface area contributed by atoms with E-state index < -0.39 is 12.5 Å². The van der Waals surface area contributed by atoms with E-state index >= 15 is 0 Å². The summed E-state index contributed by atoms with van der Waals surface area (Å²) < 4.78 is 0. The van der Waals surface area contributed by atoms with E-state index in [1.807, 2.05) is 30.5 Å². The van der Waals surface area contributed by atoms with E-state index in [-0.39, 0.29) is 5.91 Å². The number of anilines is 2. The van der Waals surface area contributed by atoms with E-state index in [1.54, 1.807) is 37.3 Å². The molecule has 2 heterocycles. The Balaban J connectivity index is 2.07. The minimum absolute atomic E-state index is 0.143. The molecule has 0 bridgehead atoms. The molecule has 6 heteroatoms. The minimum Gasteiger partial charge on any atom is -0.374 e. The van der Waals surface area contributed by atoms with Gasteiger partial charge in [0.05, 0.1) is 5.57 Å². The van der Waals surface area contributed by atoms with Crippen LogP contribution in [-0.4, -0.2) is 28.6 Å². The fourth-order valence-corrected chi connectivity index (χ4v) is 3.75. The topological polar surface area (TPSA) is 72.8 Å². The zero-order valence-corrected chi connectivity index (χ0v) is 14.6. The van der Waals surface area contributed by atoms with Gasteiger partial charge in [-0.05, 0) is 62.1 Å². The van der Waals surface area contributed by atoms with Crippen molar-refractivity contribution >= 4 is 40.3 Å². The van der Waals surface area contributed by atoms with Crippen LogP contribution in [0.15, 0.2) is 29.6 Å². The molecule has 1 aromatic carbocycles. The monoisotopic (exact) mass is 344 g/mol. The predicted octanol–water partition coefficient (Wildman–Crippen LogP) is 3.03. The Hall–Kier alpha value is -2.15. The summed E-state index contributed by atoms with van der Waals surface area (Å²) in [6, 6.07) is 7.41. The van der Waals surface area contributed by atoms with E-state index in [9.17, 15) is 15.0 Å². The SMILES string of the molecule is Cc1ccsc1C=C1C(=O)Nc2ccc(N(C(C)O)C(C)O)cc21. The standard InChI is InChI=1S/C18H20N2O3S/c1-10-6-7-24-17(10)9-15-14-8-13(20(11(2)21)12(3)22)4-5-16(14)19-18(15)23/h4-9,11-12,21-22H,1-3H3,(H,19,23). The number of aliphatic hydroxyl groups is 2. The number of fused-ring (bicyclic) bond motifs is 1. The maximum absolute atomic E-state index is 12.3. The van der Waals surface area contributed by atoms with Gasteiger partial charge >= 0.3 is 0 Å². The maximum atomic E-state index is 12.3. The predicted molar refractivity (Wildman–Crippen MR) is 97.8 cm³/mol. The molecule has 0 fully saturated rings. The molecular weight excluding hydrogens is 324 g/mol. The molecule has 2 atom stereocenters. The molecule has 2 unspecified atom stereocenters. The van der Waals surface area contributed by atoms with Crippen molar-refractivity contribution in [2.75, 3.05) is 10.2 Å². The summed E-state index contributed by atoms with van der Waals surface area (Å²) in [4.78, 5) is 14.9. The molecule has 0 aliphatic carbocycles. The zero-order chi connectivity index (χ0) is 17.4. The van der Waals surface area contributed by atoms with Crippen LogP contribution in [0.5, 0.6) is 0 Å². The Morgan fingerprint density at radius 3 is 2.50 bits per heavy atom. The highest BCUT2D eigenvalue weighted by Gasteiger charge is 2.26. The smallest absolute Gasteiger partial charge is 0.256 e. The second kappa shape index (κ2) is 6.39. The first-order chi connectivity index (χ1) is 11.4. The molecule has 1 amide bonds. The van der Waals surface area contributed by atoms with Crippen LogP contribution in [0.4, 0.5) is 11.4 Å². The Bertz CT molecular complexity index is 800. The summed E-state index contributed by atoms with van der Waals surface area (Å²) >= 11 is 1.59. The van der Waals surface area contributed by atoms with Crippen molar-refractivity contribution in [2.24, 2.45) is 0 Å².